The first-order valence-electron chi connectivity index (χ1n) is 4.32. The number of nitrogens with zero attached hydrogens (tertiary/aromatic N) is 1. The van der Waals surface area contributed by atoms with E-state index in [0.29, 0.717) is 0 Å². The molecule has 0 saturated heterocycles. The van der Waals surface area contributed by atoms with Crippen LogP contribution in [0.25, 0.3) is 0 Å². The zero-order valence-electron chi connectivity index (χ0n) is 8.25. The quantitative estimate of drug-likeness (QED) is 0.596. The summed E-state index contributed by atoms with van der Waals surface area (Å²) in [4.78, 5) is 16.7. The highest BCUT2D eigenvalue weighted by atomic mass is 32.2. The molecule has 1 rings (SSSR count). The first kappa shape index (κ1) is 12.4. The van der Waals surface area contributed by atoms with Crippen LogP contribution < -0.4 is 4.72 Å². The first-order valence-corrected chi connectivity index (χ1v) is 5.80. The molecule has 1 aromatic rings. The fourth-order valence-corrected chi connectivity index (χ4v) is 2.11. The van der Waals surface area contributed by atoms with E-state index in [4.69, 9.17) is 5.11 Å². The average molecular weight is 245 g/mol. The minimum atomic E-state index is -3.88. The molecule has 0 radical (unpaired) electrons. The lowest BCUT2D eigenvalue weighted by Gasteiger charge is -2.11. The number of hydrogen-bond donors (Lipinski definition) is 3. The van der Waals surface area contributed by atoms with Gasteiger partial charge in [-0.05, 0) is 6.42 Å². The van der Waals surface area contributed by atoms with E-state index in [1.165, 1.54) is 12.4 Å². The summed E-state index contributed by atoms with van der Waals surface area (Å²) in [6.45, 7) is 3.36. The molecule has 1 heterocycles. The van der Waals surface area contributed by atoms with Crippen molar-refractivity contribution < 1.29 is 18.3 Å². The van der Waals surface area contributed by atoms with Crippen LogP contribution >= 0.6 is 0 Å². The molecular formula is C8H11N3O4S. The molecule has 0 spiro atoms. The molecule has 0 aromatic carbocycles. The topological polar surface area (TPSA) is 112 Å². The summed E-state index contributed by atoms with van der Waals surface area (Å²) >= 11 is 0. The maximum absolute atomic E-state index is 11.6. The van der Waals surface area contributed by atoms with Gasteiger partial charge in [-0.25, -0.2) is 13.4 Å². The lowest BCUT2D eigenvalue weighted by molar-refractivity contribution is -0.138. The molecule has 1 unspecified atom stereocenters. The molecule has 7 nitrogen and oxygen atoms in total. The van der Waals surface area contributed by atoms with Crippen LogP contribution in [0, 0.1) is 0 Å². The van der Waals surface area contributed by atoms with Gasteiger partial charge in [0.25, 0.3) is 10.0 Å². The van der Waals surface area contributed by atoms with E-state index in [1.807, 2.05) is 4.72 Å². The first-order chi connectivity index (χ1) is 7.47. The van der Waals surface area contributed by atoms with Crippen molar-refractivity contribution in [2.75, 3.05) is 0 Å². The van der Waals surface area contributed by atoms with Gasteiger partial charge < -0.3 is 10.1 Å². The van der Waals surface area contributed by atoms with Gasteiger partial charge in [-0.1, -0.05) is 6.08 Å². The van der Waals surface area contributed by atoms with Crippen molar-refractivity contribution in [1.29, 1.82) is 0 Å². The van der Waals surface area contributed by atoms with E-state index in [9.17, 15) is 13.2 Å². The summed E-state index contributed by atoms with van der Waals surface area (Å²) in [6.07, 6.45) is 3.62. The normalized spacial score (nSPS) is 13.2. The molecule has 88 valence electrons. The molecule has 0 amide bonds. The van der Waals surface area contributed by atoms with Gasteiger partial charge in [-0.2, -0.15) is 4.72 Å². The van der Waals surface area contributed by atoms with E-state index in [0.717, 1.165) is 6.20 Å². The Labute approximate surface area is 92.3 Å². The zero-order valence-corrected chi connectivity index (χ0v) is 9.07. The van der Waals surface area contributed by atoms with Crippen molar-refractivity contribution in [3.63, 3.8) is 0 Å². The zero-order chi connectivity index (χ0) is 12.2. The molecule has 0 fully saturated rings. The van der Waals surface area contributed by atoms with Crippen LogP contribution in [0.4, 0.5) is 0 Å². The van der Waals surface area contributed by atoms with Crippen molar-refractivity contribution in [2.45, 2.75) is 17.5 Å². The van der Waals surface area contributed by atoms with E-state index >= 15 is 0 Å². The van der Waals surface area contributed by atoms with E-state index in [-0.39, 0.29) is 11.4 Å². The fraction of sp³-hybridized carbons (Fsp3) is 0.250. The van der Waals surface area contributed by atoms with Gasteiger partial charge in [0, 0.05) is 0 Å². The number of nitrogens with one attached hydrogen (secondary N) is 2. The number of aliphatic carboxylic acids is 1. The Hall–Kier alpha value is -1.67. The molecule has 1 aromatic heterocycles. The predicted molar refractivity (Wildman–Crippen MR) is 55.1 cm³/mol. The average Bonchev–Trinajstić information content (AvgIpc) is 2.69. The van der Waals surface area contributed by atoms with Crippen molar-refractivity contribution in [3.8, 4) is 0 Å². The fourth-order valence-electron chi connectivity index (χ4n) is 1.01. The Kier molecular flexibility index (Phi) is 3.80. The molecule has 0 bridgehead atoms. The summed E-state index contributed by atoms with van der Waals surface area (Å²) in [6, 6.07) is -1.23. The lowest BCUT2D eigenvalue weighted by Crippen LogP contribution is -2.40. The Balaban J connectivity index is 2.86. The number of imidazole rings is 1. The molecule has 0 aliphatic heterocycles. The summed E-state index contributed by atoms with van der Waals surface area (Å²) in [5, 5.41) is 8.59. The molecule has 0 aliphatic rings. The third kappa shape index (κ3) is 2.91. The van der Waals surface area contributed by atoms with Gasteiger partial charge in [0.05, 0.1) is 12.5 Å². The number of sulfonamides is 1. The number of aromatic nitrogens is 2. The van der Waals surface area contributed by atoms with Gasteiger partial charge >= 0.3 is 5.97 Å². The molecule has 0 saturated carbocycles. The highest BCUT2D eigenvalue weighted by Gasteiger charge is 2.24. The van der Waals surface area contributed by atoms with Gasteiger partial charge in [0.1, 0.15) is 6.04 Å². The Morgan fingerprint density at radius 1 is 1.75 bits per heavy atom. The Bertz CT molecular complexity index is 465. The van der Waals surface area contributed by atoms with Crippen molar-refractivity contribution >= 4 is 16.0 Å². The summed E-state index contributed by atoms with van der Waals surface area (Å²) in [5.74, 6) is -1.26. The third-order valence-electron chi connectivity index (χ3n) is 1.76. The van der Waals surface area contributed by atoms with Crippen LogP contribution in [0.2, 0.25) is 0 Å². The molecule has 8 heteroatoms. The minimum absolute atomic E-state index is 0.00268. The highest BCUT2D eigenvalue weighted by molar-refractivity contribution is 7.89. The molecule has 0 aliphatic carbocycles. The second-order valence-corrected chi connectivity index (χ2v) is 4.63. The van der Waals surface area contributed by atoms with Crippen LogP contribution in [0.15, 0.2) is 30.2 Å². The van der Waals surface area contributed by atoms with E-state index < -0.39 is 22.0 Å². The van der Waals surface area contributed by atoms with Gasteiger partial charge in [-0.3, -0.25) is 4.79 Å². The number of H-pyrrole nitrogens is 1. The maximum Gasteiger partial charge on any atom is 0.322 e. The number of hydrogen-bond acceptors (Lipinski definition) is 4. The highest BCUT2D eigenvalue weighted by Crippen LogP contribution is 2.05. The molecular weight excluding hydrogens is 234 g/mol. The second-order valence-electron chi connectivity index (χ2n) is 2.95. The Morgan fingerprint density at radius 3 is 2.88 bits per heavy atom. The number of carboxylic acid groups (broad SMARTS) is 1. The molecule has 16 heavy (non-hydrogen) atoms. The van der Waals surface area contributed by atoms with Crippen molar-refractivity contribution in [1.82, 2.24) is 14.7 Å². The van der Waals surface area contributed by atoms with Gasteiger partial charge in [0.15, 0.2) is 5.03 Å². The number of rotatable bonds is 6. The largest absolute Gasteiger partial charge is 0.480 e. The van der Waals surface area contributed by atoms with Crippen LogP contribution in [-0.2, 0) is 14.8 Å². The second kappa shape index (κ2) is 4.90. The lowest BCUT2D eigenvalue weighted by atomic mass is 10.2. The SMILES string of the molecule is C=CCC(NS(=O)(=O)c1cnc[nH]1)C(=O)O. The number of carboxylic acids is 1. The summed E-state index contributed by atoms with van der Waals surface area (Å²) in [7, 11) is -3.88. The van der Waals surface area contributed by atoms with Crippen LogP contribution in [0.1, 0.15) is 6.42 Å². The molecule has 3 N–H and O–H groups in total. The van der Waals surface area contributed by atoms with Crippen LogP contribution in [0.5, 0.6) is 0 Å². The minimum Gasteiger partial charge on any atom is -0.480 e. The Morgan fingerprint density at radius 2 is 2.44 bits per heavy atom. The van der Waals surface area contributed by atoms with Gasteiger partial charge in [-0.15, -0.1) is 6.58 Å². The standard InChI is InChI=1S/C8H11N3O4S/c1-2-3-6(8(12)13)11-16(14,15)7-4-9-5-10-7/h2,4-6,11H,1,3H2,(H,9,10)(H,12,13). The smallest absolute Gasteiger partial charge is 0.322 e. The third-order valence-corrected chi connectivity index (χ3v) is 3.16. The van der Waals surface area contributed by atoms with Gasteiger partial charge in [0.2, 0.25) is 0 Å². The van der Waals surface area contributed by atoms with Crippen molar-refractivity contribution in [3.05, 3.63) is 25.2 Å². The number of carbonyl (C=O) groups is 1. The van der Waals surface area contributed by atoms with E-state index in [1.54, 1.807) is 0 Å². The van der Waals surface area contributed by atoms with Crippen molar-refractivity contribution in [2.24, 2.45) is 0 Å². The maximum atomic E-state index is 11.6. The molecule has 1 atom stereocenters. The number of aromatic amines is 1. The predicted octanol–water partition coefficient (Wildman–Crippen LogP) is -0.283. The summed E-state index contributed by atoms with van der Waals surface area (Å²) < 4.78 is 25.2. The van der Waals surface area contributed by atoms with Crippen LogP contribution in [-0.4, -0.2) is 35.5 Å². The van der Waals surface area contributed by atoms with E-state index in [2.05, 4.69) is 16.5 Å². The van der Waals surface area contributed by atoms with Crippen LogP contribution in [0.3, 0.4) is 0 Å². The summed E-state index contributed by atoms with van der Waals surface area (Å²) in [5.41, 5.74) is 0. The monoisotopic (exact) mass is 245 g/mol.